The van der Waals surface area contributed by atoms with Crippen LogP contribution in [-0.2, 0) is 0 Å². The Labute approximate surface area is 170 Å². The Bertz CT molecular complexity index is 1040. The summed E-state index contributed by atoms with van der Waals surface area (Å²) < 4.78 is 0. The van der Waals surface area contributed by atoms with E-state index < -0.39 is 0 Å². The largest absolute Gasteiger partial charge is 0.399 e. The molecule has 4 rings (SSSR count). The van der Waals surface area contributed by atoms with Gasteiger partial charge < -0.3 is 28.7 Å². The summed E-state index contributed by atoms with van der Waals surface area (Å²) in [6.45, 7) is 0. The smallest absolute Gasteiger partial charge is 0.0991 e. The van der Waals surface area contributed by atoms with Crippen LogP contribution < -0.4 is 28.7 Å². The van der Waals surface area contributed by atoms with Crippen molar-refractivity contribution >= 4 is 39.2 Å². The standard InChI is InChI=1S/C10H10N2.C7H6N2.C6H8N2/c11-9-5-6-10(12)8-4-2-1-3-7(8)9;8-5-6-1-3-7(9)4-2-6;7-5-1-2-6(8)4-3-5/h1-6H,11-12H2;1-4H,9H2;1-4H,7-8H2. The van der Waals surface area contributed by atoms with Crippen LogP contribution in [0.4, 0.5) is 28.4 Å². The summed E-state index contributed by atoms with van der Waals surface area (Å²) in [5.41, 5.74) is 32.0. The first-order valence-electron chi connectivity index (χ1n) is 8.80. The zero-order valence-electron chi connectivity index (χ0n) is 15.9. The van der Waals surface area contributed by atoms with E-state index in [0.717, 1.165) is 33.5 Å². The molecule has 146 valence electrons. The summed E-state index contributed by atoms with van der Waals surface area (Å²) in [4.78, 5) is 0. The number of nitrogens with two attached hydrogens (primary N) is 5. The van der Waals surface area contributed by atoms with Crippen molar-refractivity contribution in [2.45, 2.75) is 0 Å². The first-order chi connectivity index (χ1) is 13.9. The van der Waals surface area contributed by atoms with E-state index in [-0.39, 0.29) is 0 Å². The average molecular weight is 384 g/mol. The fourth-order valence-electron chi connectivity index (χ4n) is 2.40. The molecular formula is C23H24N6. The van der Waals surface area contributed by atoms with Crippen molar-refractivity contribution in [3.63, 3.8) is 0 Å². The second-order valence-corrected chi connectivity index (χ2v) is 6.19. The monoisotopic (exact) mass is 384 g/mol. The molecule has 29 heavy (non-hydrogen) atoms. The normalized spacial score (nSPS) is 9.34. The van der Waals surface area contributed by atoms with E-state index >= 15 is 0 Å². The van der Waals surface area contributed by atoms with Crippen LogP contribution in [0.5, 0.6) is 0 Å². The number of rotatable bonds is 0. The summed E-state index contributed by atoms with van der Waals surface area (Å²) in [5.74, 6) is 0. The van der Waals surface area contributed by atoms with Gasteiger partial charge in [0, 0.05) is 39.2 Å². The molecule has 0 fully saturated rings. The Morgan fingerprint density at radius 1 is 0.483 bits per heavy atom. The number of hydrogen-bond acceptors (Lipinski definition) is 6. The topological polar surface area (TPSA) is 154 Å². The molecule has 4 aromatic rings. The van der Waals surface area contributed by atoms with Crippen molar-refractivity contribution in [2.24, 2.45) is 0 Å². The fourth-order valence-corrected chi connectivity index (χ4v) is 2.40. The van der Waals surface area contributed by atoms with Crippen LogP contribution in [0.1, 0.15) is 5.56 Å². The molecule has 0 amide bonds. The molecule has 0 aromatic heterocycles. The lowest BCUT2D eigenvalue weighted by atomic mass is 10.1. The van der Waals surface area contributed by atoms with E-state index in [1.807, 2.05) is 42.5 Å². The van der Waals surface area contributed by atoms with Gasteiger partial charge in [0.2, 0.25) is 0 Å². The first kappa shape index (κ1) is 20.9. The molecule has 0 spiro atoms. The van der Waals surface area contributed by atoms with Crippen molar-refractivity contribution in [3.8, 4) is 6.07 Å². The minimum absolute atomic E-state index is 0.643. The van der Waals surface area contributed by atoms with Crippen molar-refractivity contribution in [3.05, 3.63) is 90.5 Å². The van der Waals surface area contributed by atoms with E-state index in [1.54, 1.807) is 48.5 Å². The minimum Gasteiger partial charge on any atom is -0.399 e. The molecule has 10 N–H and O–H groups in total. The molecular weight excluding hydrogens is 360 g/mol. The maximum absolute atomic E-state index is 8.34. The lowest BCUT2D eigenvalue weighted by Crippen LogP contribution is -1.91. The summed E-state index contributed by atoms with van der Waals surface area (Å²) in [6.07, 6.45) is 0. The van der Waals surface area contributed by atoms with Gasteiger partial charge in [0.05, 0.1) is 11.6 Å². The summed E-state index contributed by atoms with van der Waals surface area (Å²) in [5, 5.41) is 10.4. The number of fused-ring (bicyclic) bond motifs is 1. The van der Waals surface area contributed by atoms with Gasteiger partial charge in [-0.3, -0.25) is 0 Å². The van der Waals surface area contributed by atoms with Crippen molar-refractivity contribution in [1.29, 1.82) is 5.26 Å². The third-order valence-corrected chi connectivity index (χ3v) is 3.97. The molecule has 0 aliphatic heterocycles. The maximum Gasteiger partial charge on any atom is 0.0991 e. The molecule has 0 unspecified atom stereocenters. The number of hydrogen-bond donors (Lipinski definition) is 5. The Hall–Kier alpha value is -4.37. The minimum atomic E-state index is 0.643. The van der Waals surface area contributed by atoms with Crippen LogP contribution in [0.25, 0.3) is 10.8 Å². The van der Waals surface area contributed by atoms with Crippen molar-refractivity contribution < 1.29 is 0 Å². The van der Waals surface area contributed by atoms with Crippen LogP contribution in [0, 0.1) is 11.3 Å². The van der Waals surface area contributed by atoms with Crippen LogP contribution in [0.2, 0.25) is 0 Å². The van der Waals surface area contributed by atoms with Gasteiger partial charge in [-0.25, -0.2) is 0 Å². The molecule has 0 radical (unpaired) electrons. The molecule has 0 aliphatic carbocycles. The van der Waals surface area contributed by atoms with E-state index in [0.29, 0.717) is 11.3 Å². The third-order valence-electron chi connectivity index (χ3n) is 3.97. The molecule has 0 saturated carbocycles. The van der Waals surface area contributed by atoms with Crippen molar-refractivity contribution in [1.82, 2.24) is 0 Å². The number of anilines is 5. The molecule has 0 saturated heterocycles. The number of nitrogen functional groups attached to an aromatic ring is 5. The quantitative estimate of drug-likeness (QED) is 0.289. The zero-order chi connectivity index (χ0) is 21.2. The summed E-state index contributed by atoms with van der Waals surface area (Å²) >= 11 is 0. The van der Waals surface area contributed by atoms with Crippen LogP contribution in [-0.4, -0.2) is 0 Å². The van der Waals surface area contributed by atoms with Gasteiger partial charge in [-0.15, -0.1) is 0 Å². The van der Waals surface area contributed by atoms with Gasteiger partial charge in [-0.2, -0.15) is 5.26 Å². The van der Waals surface area contributed by atoms with E-state index in [4.69, 9.17) is 33.9 Å². The van der Waals surface area contributed by atoms with E-state index in [2.05, 4.69) is 0 Å². The SMILES string of the molecule is N#Cc1ccc(N)cc1.Nc1ccc(N)c2ccccc12.Nc1ccc(N)cc1. The molecule has 6 nitrogen and oxygen atoms in total. The highest BCUT2D eigenvalue weighted by Gasteiger charge is 1.98. The molecule has 0 aliphatic rings. The van der Waals surface area contributed by atoms with Crippen LogP contribution in [0.15, 0.2) is 84.9 Å². The highest BCUT2D eigenvalue weighted by atomic mass is 14.6. The maximum atomic E-state index is 8.34. The Kier molecular flexibility index (Phi) is 7.28. The predicted octanol–water partition coefficient (Wildman–Crippen LogP) is 4.00. The molecule has 0 bridgehead atoms. The number of nitriles is 1. The molecule has 6 heteroatoms. The van der Waals surface area contributed by atoms with Crippen LogP contribution in [0.3, 0.4) is 0 Å². The fraction of sp³-hybridized carbons (Fsp3) is 0. The second kappa shape index (κ2) is 10.1. The first-order valence-corrected chi connectivity index (χ1v) is 8.80. The van der Waals surface area contributed by atoms with Gasteiger partial charge >= 0.3 is 0 Å². The number of nitrogens with zero attached hydrogens (tertiary/aromatic N) is 1. The number of benzene rings is 4. The van der Waals surface area contributed by atoms with E-state index in [1.165, 1.54) is 0 Å². The lowest BCUT2D eigenvalue weighted by molar-refractivity contribution is 1.49. The van der Waals surface area contributed by atoms with E-state index in [9.17, 15) is 0 Å². The van der Waals surface area contributed by atoms with Crippen molar-refractivity contribution in [2.75, 3.05) is 28.7 Å². The highest BCUT2D eigenvalue weighted by molar-refractivity contribution is 6.00. The van der Waals surface area contributed by atoms with Gasteiger partial charge in [0.1, 0.15) is 0 Å². The summed E-state index contributed by atoms with van der Waals surface area (Å²) in [6, 6.07) is 27.4. The van der Waals surface area contributed by atoms with Gasteiger partial charge in [0.25, 0.3) is 0 Å². The molecule has 0 heterocycles. The van der Waals surface area contributed by atoms with Gasteiger partial charge in [-0.1, -0.05) is 24.3 Å². The third kappa shape index (κ3) is 6.38. The van der Waals surface area contributed by atoms with Gasteiger partial charge in [-0.05, 0) is 60.7 Å². The zero-order valence-corrected chi connectivity index (χ0v) is 15.9. The Balaban J connectivity index is 0.000000160. The lowest BCUT2D eigenvalue weighted by Gasteiger charge is -2.03. The molecule has 4 aromatic carbocycles. The summed E-state index contributed by atoms with van der Waals surface area (Å²) in [7, 11) is 0. The van der Waals surface area contributed by atoms with Gasteiger partial charge in [0.15, 0.2) is 0 Å². The van der Waals surface area contributed by atoms with Crippen LogP contribution >= 0.6 is 0 Å². The Morgan fingerprint density at radius 3 is 1.17 bits per heavy atom. The molecule has 0 atom stereocenters. The second-order valence-electron chi connectivity index (χ2n) is 6.19. The highest BCUT2D eigenvalue weighted by Crippen LogP contribution is 2.25. The predicted molar refractivity (Wildman–Crippen MR) is 124 cm³/mol. The Morgan fingerprint density at radius 2 is 0.828 bits per heavy atom. The average Bonchev–Trinajstić information content (AvgIpc) is 2.75.